The van der Waals surface area contributed by atoms with E-state index in [9.17, 15) is 9.59 Å². The quantitative estimate of drug-likeness (QED) is 0.705. The largest absolute Gasteiger partial charge is 0.342 e. The van der Waals surface area contributed by atoms with Crippen LogP contribution in [0.3, 0.4) is 0 Å². The van der Waals surface area contributed by atoms with Gasteiger partial charge in [0.25, 0.3) is 0 Å². The van der Waals surface area contributed by atoms with Gasteiger partial charge < -0.3 is 9.80 Å². The first kappa shape index (κ1) is 19.9. The summed E-state index contributed by atoms with van der Waals surface area (Å²) in [4.78, 5) is 24.9. The highest BCUT2D eigenvalue weighted by Gasteiger charge is 2.06. The molecule has 0 fully saturated rings. The minimum Gasteiger partial charge on any atom is -0.342 e. The zero-order valence-electron chi connectivity index (χ0n) is 11.7. The van der Waals surface area contributed by atoms with Gasteiger partial charge in [0.05, 0.1) is 0 Å². The van der Waals surface area contributed by atoms with Crippen LogP contribution in [0.15, 0.2) is 0 Å². The first-order valence-corrected chi connectivity index (χ1v) is 7.26. The van der Waals surface area contributed by atoms with Crippen LogP contribution >= 0.6 is 23.2 Å². The summed E-state index contributed by atoms with van der Waals surface area (Å²) in [5, 5.41) is 0. The topological polar surface area (TPSA) is 40.6 Å². The molecule has 6 heteroatoms. The molecule has 0 aromatic rings. The minimum absolute atomic E-state index is 0.0154. The van der Waals surface area contributed by atoms with Gasteiger partial charge in [0.2, 0.25) is 11.8 Å². The molecule has 0 saturated carbocycles. The molecule has 0 bridgehead atoms. The summed E-state index contributed by atoms with van der Waals surface area (Å²) in [6.45, 7) is 10.8. The molecule has 0 atom stereocenters. The Morgan fingerprint density at radius 2 is 0.944 bits per heavy atom. The fourth-order valence-electron chi connectivity index (χ4n) is 1.32. The van der Waals surface area contributed by atoms with Crippen LogP contribution in [0.25, 0.3) is 0 Å². The van der Waals surface area contributed by atoms with Crippen molar-refractivity contribution in [2.45, 2.75) is 27.7 Å². The summed E-state index contributed by atoms with van der Waals surface area (Å²) >= 11 is 10.6. The van der Waals surface area contributed by atoms with Crippen LogP contribution in [0.4, 0.5) is 0 Å². The minimum atomic E-state index is 0.0154. The molecule has 0 rings (SSSR count). The van der Waals surface area contributed by atoms with Gasteiger partial charge in [-0.2, -0.15) is 0 Å². The van der Waals surface area contributed by atoms with Gasteiger partial charge in [0, 0.05) is 26.2 Å². The number of carbonyl (C=O) groups is 2. The maximum Gasteiger partial charge on any atom is 0.237 e. The van der Waals surface area contributed by atoms with Crippen LogP contribution in [0, 0.1) is 0 Å². The Morgan fingerprint density at radius 3 is 1.00 bits per heavy atom. The molecule has 0 aromatic heterocycles. The van der Waals surface area contributed by atoms with E-state index in [1.54, 1.807) is 9.80 Å². The molecule has 0 heterocycles. The van der Waals surface area contributed by atoms with Crippen LogP contribution in [-0.2, 0) is 9.59 Å². The molecule has 0 aromatic carbocycles. The average Bonchev–Trinajstić information content (AvgIpc) is 2.41. The van der Waals surface area contributed by atoms with E-state index in [2.05, 4.69) is 0 Å². The standard InChI is InChI=1S/2C6H12ClNO/c2*1-3-8(4-2)6(9)5-7/h2*3-5H2,1-2H3. The summed E-state index contributed by atoms with van der Waals surface area (Å²) in [6, 6.07) is 0. The predicted octanol–water partition coefficient (Wildman–Crippen LogP) is 2.19. The van der Waals surface area contributed by atoms with Gasteiger partial charge in [-0.05, 0) is 27.7 Å². The van der Waals surface area contributed by atoms with Crippen molar-refractivity contribution in [2.75, 3.05) is 37.9 Å². The number of hydrogen-bond donors (Lipinski definition) is 0. The summed E-state index contributed by atoms with van der Waals surface area (Å²) in [7, 11) is 0. The van der Waals surface area contributed by atoms with Crippen molar-refractivity contribution in [3.05, 3.63) is 0 Å². The van der Waals surface area contributed by atoms with Crippen LogP contribution in [0.1, 0.15) is 27.7 Å². The molecule has 0 spiro atoms. The SMILES string of the molecule is CCN(CC)C(=O)CCl.CCN(CC)C(=O)CCl. The van der Waals surface area contributed by atoms with E-state index in [0.717, 1.165) is 26.2 Å². The van der Waals surface area contributed by atoms with Crippen LogP contribution < -0.4 is 0 Å². The Morgan fingerprint density at radius 1 is 0.722 bits per heavy atom. The van der Waals surface area contributed by atoms with Gasteiger partial charge in [-0.3, -0.25) is 9.59 Å². The lowest BCUT2D eigenvalue weighted by atomic mass is 10.5. The third kappa shape index (κ3) is 8.59. The smallest absolute Gasteiger partial charge is 0.237 e. The lowest BCUT2D eigenvalue weighted by molar-refractivity contribution is -0.128. The van der Waals surface area contributed by atoms with Crippen molar-refractivity contribution in [3.8, 4) is 0 Å². The van der Waals surface area contributed by atoms with Crippen LogP contribution in [0.5, 0.6) is 0 Å². The molecule has 0 unspecified atom stereocenters. The van der Waals surface area contributed by atoms with Gasteiger partial charge in [-0.15, -0.1) is 23.2 Å². The Kier molecular flexibility index (Phi) is 14.3. The summed E-state index contributed by atoms with van der Waals surface area (Å²) in [5.74, 6) is 0.229. The van der Waals surface area contributed by atoms with E-state index in [1.165, 1.54) is 0 Å². The third-order valence-electron chi connectivity index (χ3n) is 2.46. The molecule has 2 amide bonds. The van der Waals surface area contributed by atoms with Crippen molar-refractivity contribution >= 4 is 35.0 Å². The molecule has 0 aliphatic heterocycles. The van der Waals surface area contributed by atoms with Crippen molar-refractivity contribution in [1.82, 2.24) is 9.80 Å². The molecule has 0 radical (unpaired) electrons. The number of alkyl halides is 2. The number of rotatable bonds is 6. The van der Waals surface area contributed by atoms with Gasteiger partial charge in [0.15, 0.2) is 0 Å². The van der Waals surface area contributed by atoms with E-state index in [1.807, 2.05) is 27.7 Å². The number of nitrogens with zero attached hydrogens (tertiary/aromatic N) is 2. The number of carbonyl (C=O) groups excluding carboxylic acids is 2. The Hall–Kier alpha value is -0.480. The normalized spacial score (nSPS) is 9.22. The first-order chi connectivity index (χ1) is 8.51. The average molecular weight is 299 g/mol. The molecule has 0 aliphatic carbocycles. The molecule has 0 N–H and O–H groups in total. The molecular weight excluding hydrogens is 275 g/mol. The van der Waals surface area contributed by atoms with Crippen molar-refractivity contribution in [3.63, 3.8) is 0 Å². The highest BCUT2D eigenvalue weighted by Crippen LogP contribution is 1.90. The molecule has 0 aliphatic rings. The highest BCUT2D eigenvalue weighted by atomic mass is 35.5. The van der Waals surface area contributed by atoms with E-state index >= 15 is 0 Å². The summed E-state index contributed by atoms with van der Waals surface area (Å²) < 4.78 is 0. The van der Waals surface area contributed by atoms with Crippen molar-refractivity contribution in [2.24, 2.45) is 0 Å². The van der Waals surface area contributed by atoms with E-state index in [4.69, 9.17) is 23.2 Å². The summed E-state index contributed by atoms with van der Waals surface area (Å²) in [5.41, 5.74) is 0. The van der Waals surface area contributed by atoms with Crippen molar-refractivity contribution in [1.29, 1.82) is 0 Å². The van der Waals surface area contributed by atoms with E-state index in [-0.39, 0.29) is 23.6 Å². The highest BCUT2D eigenvalue weighted by molar-refractivity contribution is 6.27. The number of halogens is 2. The Labute approximate surface area is 120 Å². The lowest BCUT2D eigenvalue weighted by Crippen LogP contribution is -2.31. The second-order valence-corrected chi connectivity index (χ2v) is 3.93. The maximum atomic E-state index is 10.8. The molecular formula is C12H24Cl2N2O2. The molecule has 4 nitrogen and oxygen atoms in total. The van der Waals surface area contributed by atoms with Crippen LogP contribution in [0.2, 0.25) is 0 Å². The number of hydrogen-bond acceptors (Lipinski definition) is 2. The van der Waals surface area contributed by atoms with Crippen LogP contribution in [-0.4, -0.2) is 59.6 Å². The Bertz CT molecular complexity index is 206. The second kappa shape index (κ2) is 13.0. The zero-order valence-corrected chi connectivity index (χ0v) is 13.2. The Balaban J connectivity index is 0. The molecule has 18 heavy (non-hydrogen) atoms. The predicted molar refractivity (Wildman–Crippen MR) is 77.3 cm³/mol. The van der Waals surface area contributed by atoms with Gasteiger partial charge in [-0.25, -0.2) is 0 Å². The molecule has 0 saturated heterocycles. The fourth-order valence-corrected chi connectivity index (χ4v) is 1.66. The van der Waals surface area contributed by atoms with Crippen molar-refractivity contribution < 1.29 is 9.59 Å². The fraction of sp³-hybridized carbons (Fsp3) is 0.833. The molecule has 108 valence electrons. The number of amides is 2. The lowest BCUT2D eigenvalue weighted by Gasteiger charge is -2.16. The maximum absolute atomic E-state index is 10.8. The van der Waals surface area contributed by atoms with Gasteiger partial charge in [-0.1, -0.05) is 0 Å². The van der Waals surface area contributed by atoms with E-state index < -0.39 is 0 Å². The third-order valence-corrected chi connectivity index (χ3v) is 2.92. The summed E-state index contributed by atoms with van der Waals surface area (Å²) in [6.07, 6.45) is 0. The second-order valence-electron chi connectivity index (χ2n) is 3.40. The monoisotopic (exact) mass is 298 g/mol. The zero-order chi connectivity index (χ0) is 14.6. The van der Waals surface area contributed by atoms with E-state index in [0.29, 0.717) is 0 Å². The first-order valence-electron chi connectivity index (χ1n) is 6.19. The van der Waals surface area contributed by atoms with Gasteiger partial charge >= 0.3 is 0 Å². The van der Waals surface area contributed by atoms with Gasteiger partial charge in [0.1, 0.15) is 11.8 Å².